The van der Waals surface area contributed by atoms with Gasteiger partial charge >= 0.3 is 12.1 Å². The van der Waals surface area contributed by atoms with Gasteiger partial charge in [0.25, 0.3) is 0 Å². The molecule has 0 amide bonds. The molecule has 1 heterocycles. The number of Topliss-reactive ketones (excluding diaryl/α,β-unsaturated/α-hetero) is 1. The minimum atomic E-state index is -4.57. The molecule has 2 aromatic carbocycles. The van der Waals surface area contributed by atoms with Crippen molar-refractivity contribution in [3.63, 3.8) is 0 Å². The van der Waals surface area contributed by atoms with Crippen LogP contribution in [0.3, 0.4) is 0 Å². The van der Waals surface area contributed by atoms with Gasteiger partial charge in [-0.1, -0.05) is 18.2 Å². The van der Waals surface area contributed by atoms with Gasteiger partial charge in [0, 0.05) is 7.05 Å². The van der Waals surface area contributed by atoms with Crippen LogP contribution in [0.1, 0.15) is 26.5 Å². The van der Waals surface area contributed by atoms with E-state index in [1.54, 1.807) is 35.9 Å². The van der Waals surface area contributed by atoms with Gasteiger partial charge in [0.1, 0.15) is 0 Å². The molecule has 3 rings (SSSR count). The maximum atomic E-state index is 12.7. The molecule has 0 saturated heterocycles. The van der Waals surface area contributed by atoms with Gasteiger partial charge in [-0.25, -0.2) is 9.78 Å². The maximum absolute atomic E-state index is 12.7. The van der Waals surface area contributed by atoms with Gasteiger partial charge in [-0.15, -0.1) is 0 Å². The number of hydrogen-bond acceptors (Lipinski definition) is 4. The average molecular weight is 362 g/mol. The van der Waals surface area contributed by atoms with Crippen LogP contribution in [0, 0.1) is 0 Å². The highest BCUT2D eigenvalue weighted by molar-refractivity contribution is 5.99. The monoisotopic (exact) mass is 362 g/mol. The first kappa shape index (κ1) is 17.7. The molecule has 26 heavy (non-hydrogen) atoms. The lowest BCUT2D eigenvalue weighted by Crippen LogP contribution is -2.18. The van der Waals surface area contributed by atoms with E-state index < -0.39 is 30.1 Å². The number of aryl methyl sites for hydroxylation is 1. The molecule has 0 aliphatic heterocycles. The third-order valence-electron chi connectivity index (χ3n) is 3.80. The summed E-state index contributed by atoms with van der Waals surface area (Å²) >= 11 is 0. The molecule has 0 spiro atoms. The summed E-state index contributed by atoms with van der Waals surface area (Å²) in [5.74, 6) is -1.46. The Morgan fingerprint density at radius 2 is 1.85 bits per heavy atom. The first-order valence-electron chi connectivity index (χ1n) is 7.56. The first-order valence-corrected chi connectivity index (χ1v) is 7.56. The van der Waals surface area contributed by atoms with Crippen molar-refractivity contribution in [2.75, 3.05) is 6.61 Å². The number of imidazole rings is 1. The Bertz CT molecular complexity index is 993. The van der Waals surface area contributed by atoms with E-state index in [1.165, 1.54) is 6.07 Å². The van der Waals surface area contributed by atoms with Gasteiger partial charge in [0.2, 0.25) is 5.78 Å². The predicted molar refractivity (Wildman–Crippen MR) is 86.8 cm³/mol. The van der Waals surface area contributed by atoms with Crippen molar-refractivity contribution in [3.8, 4) is 0 Å². The van der Waals surface area contributed by atoms with Gasteiger partial charge in [0.05, 0.1) is 22.2 Å². The summed E-state index contributed by atoms with van der Waals surface area (Å²) in [5, 5.41) is 0. The second-order valence-corrected chi connectivity index (χ2v) is 5.56. The first-order chi connectivity index (χ1) is 12.3. The maximum Gasteiger partial charge on any atom is 0.416 e. The van der Waals surface area contributed by atoms with Crippen LogP contribution in [0.5, 0.6) is 0 Å². The van der Waals surface area contributed by atoms with E-state index in [2.05, 4.69) is 4.98 Å². The summed E-state index contributed by atoms with van der Waals surface area (Å²) in [6, 6.07) is 10.9. The molecule has 0 bridgehead atoms. The van der Waals surface area contributed by atoms with Crippen LogP contribution >= 0.6 is 0 Å². The van der Waals surface area contributed by atoms with Gasteiger partial charge < -0.3 is 9.30 Å². The standard InChI is InChI=1S/C18H13F3N2O3/c1-23-14-8-3-2-7-13(14)22-16(23)15(24)10-26-17(25)11-5-4-6-12(9-11)18(19,20)21/h2-9H,10H2,1H3. The largest absolute Gasteiger partial charge is 0.454 e. The van der Waals surface area contributed by atoms with Crippen LogP contribution in [0.2, 0.25) is 0 Å². The molecule has 5 nitrogen and oxygen atoms in total. The lowest BCUT2D eigenvalue weighted by Gasteiger charge is -2.08. The van der Waals surface area contributed by atoms with Crippen molar-refractivity contribution in [3.05, 3.63) is 65.5 Å². The van der Waals surface area contributed by atoms with Crippen LogP contribution in [0.4, 0.5) is 13.2 Å². The second kappa shape index (κ2) is 6.62. The fourth-order valence-electron chi connectivity index (χ4n) is 2.50. The van der Waals surface area contributed by atoms with E-state index in [4.69, 9.17) is 4.74 Å². The summed E-state index contributed by atoms with van der Waals surface area (Å²) in [4.78, 5) is 28.4. The number of carbonyl (C=O) groups is 2. The van der Waals surface area contributed by atoms with Gasteiger partial charge in [-0.3, -0.25) is 4.79 Å². The highest BCUT2D eigenvalue weighted by atomic mass is 19.4. The van der Waals surface area contributed by atoms with E-state index in [0.717, 1.165) is 17.6 Å². The van der Waals surface area contributed by atoms with Gasteiger partial charge in [0.15, 0.2) is 12.4 Å². The second-order valence-electron chi connectivity index (χ2n) is 5.56. The van der Waals surface area contributed by atoms with Crippen LogP contribution < -0.4 is 0 Å². The molecular formula is C18H13F3N2O3. The van der Waals surface area contributed by atoms with E-state index in [0.29, 0.717) is 11.6 Å². The number of fused-ring (bicyclic) bond motifs is 1. The highest BCUT2D eigenvalue weighted by Crippen LogP contribution is 2.29. The lowest BCUT2D eigenvalue weighted by atomic mass is 10.1. The molecule has 0 atom stereocenters. The molecule has 0 N–H and O–H groups in total. The highest BCUT2D eigenvalue weighted by Gasteiger charge is 2.31. The molecule has 0 aliphatic rings. The van der Waals surface area contributed by atoms with Crippen LogP contribution in [-0.2, 0) is 18.0 Å². The number of nitrogens with zero attached hydrogens (tertiary/aromatic N) is 2. The fraction of sp³-hybridized carbons (Fsp3) is 0.167. The summed E-state index contributed by atoms with van der Waals surface area (Å²) in [5.41, 5.74) is 0.105. The number of esters is 1. The van der Waals surface area contributed by atoms with E-state index >= 15 is 0 Å². The number of ketones is 1. The number of benzene rings is 2. The van der Waals surface area contributed by atoms with Crippen molar-refractivity contribution in [2.24, 2.45) is 7.05 Å². The Morgan fingerprint density at radius 3 is 2.54 bits per heavy atom. The average Bonchev–Trinajstić information content (AvgIpc) is 2.96. The Morgan fingerprint density at radius 1 is 1.12 bits per heavy atom. The smallest absolute Gasteiger partial charge is 0.416 e. The lowest BCUT2D eigenvalue weighted by molar-refractivity contribution is -0.137. The number of aromatic nitrogens is 2. The quantitative estimate of drug-likeness (QED) is 0.525. The number of halogens is 3. The molecule has 0 fully saturated rings. The molecule has 3 aromatic rings. The number of hydrogen-bond donors (Lipinski definition) is 0. The summed E-state index contributed by atoms with van der Waals surface area (Å²) < 4.78 is 44.5. The van der Waals surface area contributed by atoms with Crippen LogP contribution in [0.15, 0.2) is 48.5 Å². The molecule has 1 aromatic heterocycles. The molecular weight excluding hydrogens is 349 g/mol. The van der Waals surface area contributed by atoms with Gasteiger partial charge in [-0.2, -0.15) is 13.2 Å². The number of para-hydroxylation sites is 2. The summed E-state index contributed by atoms with van der Waals surface area (Å²) in [7, 11) is 1.65. The SMILES string of the molecule is Cn1c(C(=O)COC(=O)c2cccc(C(F)(F)F)c2)nc2ccccc21. The minimum Gasteiger partial charge on any atom is -0.454 e. The summed E-state index contributed by atoms with van der Waals surface area (Å²) in [6.45, 7) is -0.619. The van der Waals surface area contributed by atoms with Crippen molar-refractivity contribution in [1.82, 2.24) is 9.55 Å². The van der Waals surface area contributed by atoms with E-state index in [-0.39, 0.29) is 11.4 Å². The van der Waals surface area contributed by atoms with Crippen molar-refractivity contribution in [1.29, 1.82) is 0 Å². The van der Waals surface area contributed by atoms with Crippen molar-refractivity contribution < 1.29 is 27.5 Å². The molecule has 0 unspecified atom stereocenters. The number of carbonyl (C=O) groups excluding carboxylic acids is 2. The molecule has 0 saturated carbocycles. The van der Waals surface area contributed by atoms with Crippen LogP contribution in [-0.4, -0.2) is 27.9 Å². The Hall–Kier alpha value is -3.16. The third-order valence-corrected chi connectivity index (χ3v) is 3.80. The zero-order valence-electron chi connectivity index (χ0n) is 13.6. The molecule has 134 valence electrons. The Kier molecular flexibility index (Phi) is 4.50. The molecule has 8 heteroatoms. The normalized spacial score (nSPS) is 11.5. The third kappa shape index (κ3) is 3.44. The Balaban J connectivity index is 1.73. The van der Waals surface area contributed by atoms with E-state index in [9.17, 15) is 22.8 Å². The minimum absolute atomic E-state index is 0.100. The van der Waals surface area contributed by atoms with Crippen molar-refractivity contribution in [2.45, 2.75) is 6.18 Å². The number of rotatable bonds is 4. The molecule has 0 aliphatic carbocycles. The zero-order valence-corrected chi connectivity index (χ0v) is 13.6. The molecule has 0 radical (unpaired) electrons. The number of alkyl halides is 3. The zero-order chi connectivity index (χ0) is 18.9. The van der Waals surface area contributed by atoms with Crippen molar-refractivity contribution >= 4 is 22.8 Å². The van der Waals surface area contributed by atoms with Crippen LogP contribution in [0.25, 0.3) is 11.0 Å². The predicted octanol–water partition coefficient (Wildman–Crippen LogP) is 3.63. The van der Waals surface area contributed by atoms with Gasteiger partial charge in [-0.05, 0) is 30.3 Å². The number of ether oxygens (including phenoxy) is 1. The van der Waals surface area contributed by atoms with E-state index in [1.807, 2.05) is 0 Å². The summed E-state index contributed by atoms with van der Waals surface area (Å²) in [6.07, 6.45) is -4.57. The topological polar surface area (TPSA) is 61.2 Å². The Labute approximate surface area is 146 Å². The fourth-order valence-corrected chi connectivity index (χ4v) is 2.50.